The van der Waals surface area contributed by atoms with Crippen molar-refractivity contribution in [2.75, 3.05) is 20.7 Å². The largest absolute Gasteiger partial charge is 0.387 e. The molecule has 0 bridgehead atoms. The van der Waals surface area contributed by atoms with Crippen molar-refractivity contribution >= 4 is 0 Å². The fraction of sp³-hybridized carbons (Fsp3) is 0.778. The molecule has 1 unspecified atom stereocenters. The van der Waals surface area contributed by atoms with E-state index in [4.69, 9.17) is 4.74 Å². The van der Waals surface area contributed by atoms with Crippen LogP contribution in [0.25, 0.3) is 0 Å². The zero-order chi connectivity index (χ0) is 15.3. The zero-order valence-electron chi connectivity index (χ0n) is 14.2. The van der Waals surface area contributed by atoms with Crippen LogP contribution in [-0.4, -0.2) is 26.8 Å². The summed E-state index contributed by atoms with van der Waals surface area (Å²) < 4.78 is 5.61. The van der Waals surface area contributed by atoms with Crippen molar-refractivity contribution in [1.29, 1.82) is 0 Å². The lowest BCUT2D eigenvalue weighted by molar-refractivity contribution is 0.0861. The van der Waals surface area contributed by atoms with Crippen molar-refractivity contribution in [1.82, 2.24) is 10.6 Å². The average molecular weight is 294 g/mol. The molecule has 1 atom stereocenters. The molecule has 0 saturated heterocycles. The van der Waals surface area contributed by atoms with Gasteiger partial charge in [-0.1, -0.05) is 45.1 Å². The molecule has 0 aromatic heterocycles. The summed E-state index contributed by atoms with van der Waals surface area (Å²) in [6, 6.07) is 0. The molecule has 0 heterocycles. The number of likely N-dealkylation sites (N-methyl/N-ethyl adjacent to an activating group) is 1. The summed E-state index contributed by atoms with van der Waals surface area (Å²) >= 11 is 0. The van der Waals surface area contributed by atoms with Crippen LogP contribution in [-0.2, 0) is 4.74 Å². The number of methoxy groups -OCH3 is 1. The van der Waals surface area contributed by atoms with Crippen LogP contribution in [0.15, 0.2) is 23.5 Å². The van der Waals surface area contributed by atoms with E-state index in [2.05, 4.69) is 29.7 Å². The van der Waals surface area contributed by atoms with E-state index in [1.165, 1.54) is 49.9 Å². The molecule has 0 saturated carbocycles. The van der Waals surface area contributed by atoms with Gasteiger partial charge >= 0.3 is 0 Å². The van der Waals surface area contributed by atoms with E-state index >= 15 is 0 Å². The van der Waals surface area contributed by atoms with Crippen LogP contribution in [0.3, 0.4) is 0 Å². The standard InChI is InChI=1S/C18H34N2O/c1-4-5-6-7-8-11-16(21-3)14-15-20-18-13-10-9-12-17(18)19-2/h9,12,16,19-20H,4-8,10-11,13-15H2,1-3H3. The van der Waals surface area contributed by atoms with Crippen molar-refractivity contribution in [3.8, 4) is 0 Å². The second-order valence-electron chi connectivity index (χ2n) is 5.86. The minimum absolute atomic E-state index is 0.400. The Labute approximate surface area is 131 Å². The van der Waals surface area contributed by atoms with Gasteiger partial charge in [-0.05, 0) is 31.8 Å². The van der Waals surface area contributed by atoms with Crippen LogP contribution >= 0.6 is 0 Å². The van der Waals surface area contributed by atoms with Gasteiger partial charge in [-0.2, -0.15) is 0 Å². The summed E-state index contributed by atoms with van der Waals surface area (Å²) in [6.07, 6.45) is 16.0. The summed E-state index contributed by atoms with van der Waals surface area (Å²) in [5, 5.41) is 6.84. The molecule has 122 valence electrons. The minimum Gasteiger partial charge on any atom is -0.387 e. The van der Waals surface area contributed by atoms with E-state index in [1.54, 1.807) is 0 Å². The Balaban J connectivity index is 2.19. The fourth-order valence-corrected chi connectivity index (χ4v) is 2.82. The average Bonchev–Trinajstić information content (AvgIpc) is 2.53. The Morgan fingerprint density at radius 3 is 2.71 bits per heavy atom. The second kappa shape index (κ2) is 11.7. The Morgan fingerprint density at radius 1 is 1.19 bits per heavy atom. The monoisotopic (exact) mass is 294 g/mol. The first-order chi connectivity index (χ1) is 10.3. The maximum atomic E-state index is 5.61. The van der Waals surface area contributed by atoms with E-state index in [0.29, 0.717) is 6.10 Å². The number of rotatable bonds is 12. The second-order valence-corrected chi connectivity index (χ2v) is 5.86. The first kappa shape index (κ1) is 18.1. The van der Waals surface area contributed by atoms with Gasteiger partial charge in [0.1, 0.15) is 0 Å². The van der Waals surface area contributed by atoms with E-state index < -0.39 is 0 Å². The maximum Gasteiger partial charge on any atom is 0.0588 e. The highest BCUT2D eigenvalue weighted by Gasteiger charge is 2.10. The molecule has 3 heteroatoms. The third-order valence-corrected chi connectivity index (χ3v) is 4.21. The lowest BCUT2D eigenvalue weighted by Gasteiger charge is -2.20. The quantitative estimate of drug-likeness (QED) is 0.531. The van der Waals surface area contributed by atoms with Crippen molar-refractivity contribution in [2.24, 2.45) is 0 Å². The van der Waals surface area contributed by atoms with Crippen LogP contribution in [0.1, 0.15) is 64.7 Å². The van der Waals surface area contributed by atoms with Crippen LogP contribution < -0.4 is 10.6 Å². The van der Waals surface area contributed by atoms with Crippen LogP contribution in [0.2, 0.25) is 0 Å². The van der Waals surface area contributed by atoms with Crippen LogP contribution in [0, 0.1) is 0 Å². The molecule has 1 rings (SSSR count). The Hall–Kier alpha value is -0.960. The number of ether oxygens (including phenoxy) is 1. The lowest BCUT2D eigenvalue weighted by Crippen LogP contribution is -2.25. The van der Waals surface area contributed by atoms with Gasteiger partial charge in [0.2, 0.25) is 0 Å². The highest BCUT2D eigenvalue weighted by Crippen LogP contribution is 2.15. The first-order valence-electron chi connectivity index (χ1n) is 8.65. The Morgan fingerprint density at radius 2 is 2.00 bits per heavy atom. The van der Waals surface area contributed by atoms with Crippen molar-refractivity contribution in [3.63, 3.8) is 0 Å². The van der Waals surface area contributed by atoms with Gasteiger partial charge in [-0.15, -0.1) is 0 Å². The van der Waals surface area contributed by atoms with E-state index in [-0.39, 0.29) is 0 Å². The molecular formula is C18H34N2O. The number of unbranched alkanes of at least 4 members (excludes halogenated alkanes) is 4. The molecule has 0 amide bonds. The lowest BCUT2D eigenvalue weighted by atomic mass is 10.1. The smallest absolute Gasteiger partial charge is 0.0588 e. The SMILES string of the molecule is CCCCCCCC(CCNC1=C(NC)C=CCC1)OC. The fourth-order valence-electron chi connectivity index (χ4n) is 2.82. The van der Waals surface area contributed by atoms with Gasteiger partial charge in [0.05, 0.1) is 11.8 Å². The van der Waals surface area contributed by atoms with Crippen molar-refractivity contribution in [2.45, 2.75) is 70.8 Å². The van der Waals surface area contributed by atoms with Crippen LogP contribution in [0.5, 0.6) is 0 Å². The molecule has 0 fully saturated rings. The summed E-state index contributed by atoms with van der Waals surface area (Å²) in [7, 11) is 3.83. The van der Waals surface area contributed by atoms with Crippen LogP contribution in [0.4, 0.5) is 0 Å². The van der Waals surface area contributed by atoms with Gasteiger partial charge in [-0.25, -0.2) is 0 Å². The van der Waals surface area contributed by atoms with Gasteiger partial charge in [0.25, 0.3) is 0 Å². The molecule has 0 radical (unpaired) electrons. The number of hydrogen-bond acceptors (Lipinski definition) is 3. The van der Waals surface area contributed by atoms with E-state index in [0.717, 1.165) is 25.8 Å². The molecule has 0 aromatic carbocycles. The van der Waals surface area contributed by atoms with Crippen molar-refractivity contribution < 1.29 is 4.74 Å². The van der Waals surface area contributed by atoms with Gasteiger partial charge in [0.15, 0.2) is 0 Å². The molecular weight excluding hydrogens is 260 g/mol. The third-order valence-electron chi connectivity index (χ3n) is 4.21. The van der Waals surface area contributed by atoms with Crippen molar-refractivity contribution in [3.05, 3.63) is 23.5 Å². The molecule has 0 aliphatic heterocycles. The van der Waals surface area contributed by atoms with Gasteiger partial charge in [0, 0.05) is 26.4 Å². The molecule has 1 aliphatic carbocycles. The summed E-state index contributed by atoms with van der Waals surface area (Å²) in [6.45, 7) is 3.26. The van der Waals surface area contributed by atoms with E-state index in [1.807, 2.05) is 14.2 Å². The predicted octanol–water partition coefficient (Wildman–Crippen LogP) is 4.12. The molecule has 3 nitrogen and oxygen atoms in total. The zero-order valence-corrected chi connectivity index (χ0v) is 14.2. The highest BCUT2D eigenvalue weighted by molar-refractivity contribution is 5.26. The molecule has 2 N–H and O–H groups in total. The Kier molecular flexibility index (Phi) is 10.1. The third kappa shape index (κ3) is 7.56. The number of hydrogen-bond donors (Lipinski definition) is 2. The topological polar surface area (TPSA) is 33.3 Å². The summed E-state index contributed by atoms with van der Waals surface area (Å²) in [5.41, 5.74) is 2.58. The maximum absolute atomic E-state index is 5.61. The number of nitrogens with one attached hydrogen (secondary N) is 2. The molecule has 0 spiro atoms. The highest BCUT2D eigenvalue weighted by atomic mass is 16.5. The Bertz CT molecular complexity index is 323. The van der Waals surface area contributed by atoms with Gasteiger partial charge < -0.3 is 15.4 Å². The normalized spacial score (nSPS) is 16.1. The summed E-state index contributed by atoms with van der Waals surface area (Å²) in [4.78, 5) is 0. The summed E-state index contributed by atoms with van der Waals surface area (Å²) in [5.74, 6) is 0. The van der Waals surface area contributed by atoms with Gasteiger partial charge in [-0.3, -0.25) is 0 Å². The van der Waals surface area contributed by atoms with E-state index in [9.17, 15) is 0 Å². The predicted molar refractivity (Wildman–Crippen MR) is 91.3 cm³/mol. The minimum atomic E-state index is 0.400. The first-order valence-corrected chi connectivity index (χ1v) is 8.65. The molecule has 0 aromatic rings. The molecule has 21 heavy (non-hydrogen) atoms. The molecule has 1 aliphatic rings. The number of allylic oxidation sites excluding steroid dienone is 3.